The smallest absolute Gasteiger partial charge is 0.244 e. The highest BCUT2D eigenvalue weighted by Crippen LogP contribution is 2.56. The molecule has 1 aromatic rings. The average Bonchev–Trinajstić information content (AvgIpc) is 3.12. The van der Waals surface area contributed by atoms with Crippen molar-refractivity contribution in [1.82, 2.24) is 4.72 Å². The summed E-state index contributed by atoms with van der Waals surface area (Å²) in [6, 6.07) is 4.88. The van der Waals surface area contributed by atoms with E-state index < -0.39 is 10.0 Å². The van der Waals surface area contributed by atoms with Gasteiger partial charge in [-0.3, -0.25) is 0 Å². The zero-order valence-electron chi connectivity index (χ0n) is 16.0. The molecule has 4 saturated carbocycles. The van der Waals surface area contributed by atoms with Crippen LogP contribution in [-0.2, 0) is 14.8 Å². The van der Waals surface area contributed by atoms with Gasteiger partial charge in [-0.1, -0.05) is 11.6 Å². The lowest BCUT2D eigenvalue weighted by Crippen LogP contribution is -2.59. The molecule has 0 unspecified atom stereocenters. The van der Waals surface area contributed by atoms with E-state index in [1.165, 1.54) is 25.3 Å². The van der Waals surface area contributed by atoms with Gasteiger partial charge in [0.15, 0.2) is 0 Å². The van der Waals surface area contributed by atoms with E-state index in [1.54, 1.807) is 12.1 Å². The van der Waals surface area contributed by atoms with Crippen LogP contribution in [0.5, 0.6) is 5.75 Å². The average molecular weight is 426 g/mol. The first-order chi connectivity index (χ1) is 13.4. The van der Waals surface area contributed by atoms with Gasteiger partial charge in [0.2, 0.25) is 10.0 Å². The lowest BCUT2D eigenvalue weighted by atomic mass is 9.53. The van der Waals surface area contributed by atoms with Crippen molar-refractivity contribution in [2.45, 2.75) is 55.4 Å². The van der Waals surface area contributed by atoms with E-state index in [1.807, 2.05) is 0 Å². The molecule has 0 amide bonds. The van der Waals surface area contributed by atoms with Gasteiger partial charge in [-0.15, -0.1) is 0 Å². The molecule has 1 N–H and O–H groups in total. The molecule has 1 aliphatic heterocycles. The quantitative estimate of drug-likeness (QED) is 0.748. The Morgan fingerprint density at radius 1 is 1.14 bits per heavy atom. The highest BCUT2D eigenvalue weighted by molar-refractivity contribution is 7.89. The maximum Gasteiger partial charge on any atom is 0.244 e. The number of halogens is 1. The van der Waals surface area contributed by atoms with Gasteiger partial charge in [0.25, 0.3) is 0 Å². The highest BCUT2D eigenvalue weighted by atomic mass is 35.5. The fraction of sp³-hybridized carbons (Fsp3) is 0.714. The summed E-state index contributed by atoms with van der Waals surface area (Å²) in [5.41, 5.74) is -0.285. The SMILES string of the molecule is O=S(=O)(NC12CC3CC(CC(C3)C1)C2)c1cc(Cl)ccc1OC[C@H]1CCOC1. The van der Waals surface area contributed by atoms with Crippen LogP contribution in [0.4, 0.5) is 0 Å². The van der Waals surface area contributed by atoms with Crippen LogP contribution in [0.2, 0.25) is 5.02 Å². The molecule has 28 heavy (non-hydrogen) atoms. The molecule has 5 nitrogen and oxygen atoms in total. The Hall–Kier alpha value is -0.820. The molecular formula is C21H28ClNO4S. The van der Waals surface area contributed by atoms with E-state index in [0.29, 0.717) is 47.7 Å². The van der Waals surface area contributed by atoms with E-state index in [2.05, 4.69) is 4.72 Å². The molecule has 4 aliphatic carbocycles. The highest BCUT2D eigenvalue weighted by Gasteiger charge is 2.52. The lowest BCUT2D eigenvalue weighted by Gasteiger charge is -2.56. The minimum atomic E-state index is -3.71. The molecule has 0 radical (unpaired) electrons. The van der Waals surface area contributed by atoms with E-state index in [0.717, 1.165) is 32.3 Å². The van der Waals surface area contributed by atoms with Gasteiger partial charge in [0.1, 0.15) is 10.6 Å². The van der Waals surface area contributed by atoms with Gasteiger partial charge in [-0.2, -0.15) is 0 Å². The summed E-state index contributed by atoms with van der Waals surface area (Å²) >= 11 is 6.16. The zero-order valence-corrected chi connectivity index (χ0v) is 17.6. The number of benzene rings is 1. The summed E-state index contributed by atoms with van der Waals surface area (Å²) in [6.07, 6.45) is 7.67. The number of rotatable bonds is 6. The minimum absolute atomic E-state index is 0.162. The van der Waals surface area contributed by atoms with Crippen LogP contribution in [0.1, 0.15) is 44.9 Å². The fourth-order valence-corrected chi connectivity index (χ4v) is 8.15. The number of sulfonamides is 1. The lowest BCUT2D eigenvalue weighted by molar-refractivity contribution is -0.00811. The molecule has 5 fully saturated rings. The Morgan fingerprint density at radius 3 is 2.43 bits per heavy atom. The predicted octanol–water partition coefficient (Wildman–Crippen LogP) is 4.00. The summed E-state index contributed by atoms with van der Waals surface area (Å²) in [4.78, 5) is 0.162. The van der Waals surface area contributed by atoms with Crippen LogP contribution in [0.3, 0.4) is 0 Å². The summed E-state index contributed by atoms with van der Waals surface area (Å²) in [7, 11) is -3.71. The molecule has 5 aliphatic rings. The van der Waals surface area contributed by atoms with E-state index in [-0.39, 0.29) is 10.4 Å². The van der Waals surface area contributed by atoms with Crippen molar-refractivity contribution in [3.63, 3.8) is 0 Å². The van der Waals surface area contributed by atoms with Crippen LogP contribution in [-0.4, -0.2) is 33.8 Å². The topological polar surface area (TPSA) is 64.6 Å². The summed E-state index contributed by atoms with van der Waals surface area (Å²) in [5, 5.41) is 0.405. The van der Waals surface area contributed by atoms with Crippen LogP contribution < -0.4 is 9.46 Å². The Kier molecular flexibility index (Phi) is 4.89. The Balaban J connectivity index is 1.39. The van der Waals surface area contributed by atoms with Gasteiger partial charge < -0.3 is 9.47 Å². The number of hydrogen-bond donors (Lipinski definition) is 1. The van der Waals surface area contributed by atoms with Crippen LogP contribution in [0, 0.1) is 23.7 Å². The van der Waals surface area contributed by atoms with E-state index in [9.17, 15) is 8.42 Å². The van der Waals surface area contributed by atoms with Crippen molar-refractivity contribution >= 4 is 21.6 Å². The van der Waals surface area contributed by atoms with Crippen LogP contribution in [0.15, 0.2) is 23.1 Å². The van der Waals surface area contributed by atoms with E-state index in [4.69, 9.17) is 21.1 Å². The molecule has 0 aromatic heterocycles. The second-order valence-electron chi connectivity index (χ2n) is 9.44. The zero-order chi connectivity index (χ0) is 19.4. The monoisotopic (exact) mass is 425 g/mol. The first-order valence-corrected chi connectivity index (χ1v) is 12.3. The van der Waals surface area contributed by atoms with Gasteiger partial charge in [0, 0.05) is 23.1 Å². The second kappa shape index (κ2) is 7.15. The van der Waals surface area contributed by atoms with Crippen molar-refractivity contribution in [3.8, 4) is 5.75 Å². The normalized spacial score (nSPS) is 36.8. The predicted molar refractivity (Wildman–Crippen MR) is 107 cm³/mol. The van der Waals surface area contributed by atoms with Crippen LogP contribution in [0.25, 0.3) is 0 Å². The Bertz CT molecular complexity index is 815. The van der Waals surface area contributed by atoms with Gasteiger partial charge in [-0.25, -0.2) is 13.1 Å². The number of nitrogens with one attached hydrogen (secondary N) is 1. The number of ether oxygens (including phenoxy) is 2. The second-order valence-corrected chi connectivity index (χ2v) is 11.5. The molecule has 1 heterocycles. The van der Waals surface area contributed by atoms with Gasteiger partial charge >= 0.3 is 0 Å². The molecule has 1 aromatic carbocycles. The third kappa shape index (κ3) is 3.69. The minimum Gasteiger partial charge on any atom is -0.492 e. The Labute approximate surface area is 172 Å². The van der Waals surface area contributed by atoms with Crippen molar-refractivity contribution in [1.29, 1.82) is 0 Å². The van der Waals surface area contributed by atoms with Gasteiger partial charge in [-0.05, 0) is 80.9 Å². The third-order valence-electron chi connectivity index (χ3n) is 7.08. The summed E-state index contributed by atoms with van der Waals surface area (Å²) in [6.45, 7) is 1.87. The molecule has 154 valence electrons. The summed E-state index contributed by atoms with van der Waals surface area (Å²) in [5.74, 6) is 2.71. The maximum atomic E-state index is 13.4. The standard InChI is InChI=1S/C21H28ClNO4S/c22-18-1-2-19(27-13-14-3-4-26-12-14)20(8-18)28(24,25)23-21-9-15-5-16(10-21)7-17(6-15)11-21/h1-2,8,14-17,23H,3-7,9-13H2/t14-,15?,16?,17?,21?/m0/s1. The molecule has 7 heteroatoms. The van der Waals surface area contributed by atoms with Crippen molar-refractivity contribution in [3.05, 3.63) is 23.2 Å². The third-order valence-corrected chi connectivity index (χ3v) is 8.92. The molecule has 4 bridgehead atoms. The van der Waals surface area contributed by atoms with E-state index >= 15 is 0 Å². The van der Waals surface area contributed by atoms with Crippen molar-refractivity contribution in [2.75, 3.05) is 19.8 Å². The van der Waals surface area contributed by atoms with Crippen molar-refractivity contribution in [2.24, 2.45) is 23.7 Å². The summed E-state index contributed by atoms with van der Waals surface area (Å²) < 4.78 is 41.3. The van der Waals surface area contributed by atoms with Gasteiger partial charge in [0.05, 0.1) is 13.2 Å². The molecular weight excluding hydrogens is 398 g/mol. The first-order valence-electron chi connectivity index (χ1n) is 10.4. The largest absolute Gasteiger partial charge is 0.492 e. The molecule has 1 saturated heterocycles. The maximum absolute atomic E-state index is 13.4. The van der Waals surface area contributed by atoms with Crippen molar-refractivity contribution < 1.29 is 17.9 Å². The molecule has 6 rings (SSSR count). The first kappa shape index (κ1) is 19.2. The number of hydrogen-bond acceptors (Lipinski definition) is 4. The Morgan fingerprint density at radius 2 is 1.82 bits per heavy atom. The molecule has 1 atom stereocenters. The van der Waals surface area contributed by atoms with Crippen LogP contribution >= 0.6 is 11.6 Å². The molecule has 0 spiro atoms. The fourth-order valence-electron chi connectivity index (χ4n) is 6.31.